The Morgan fingerprint density at radius 2 is 2.00 bits per heavy atom. The van der Waals surface area contributed by atoms with E-state index in [9.17, 15) is 13.6 Å². The first kappa shape index (κ1) is 22.3. The number of halogens is 3. The van der Waals surface area contributed by atoms with E-state index in [0.717, 1.165) is 17.4 Å². The first-order valence-electron chi connectivity index (χ1n) is 10.9. The molecular formula is C25H21ClF2N4O2. The molecule has 0 fully saturated rings. The zero-order valence-electron chi connectivity index (χ0n) is 18.5. The molecule has 0 bridgehead atoms. The Hall–Kier alpha value is -3.52. The zero-order chi connectivity index (χ0) is 24.0. The van der Waals surface area contributed by atoms with E-state index in [4.69, 9.17) is 16.3 Å². The van der Waals surface area contributed by atoms with Crippen molar-refractivity contribution in [2.75, 3.05) is 6.61 Å². The second-order valence-corrected chi connectivity index (χ2v) is 8.77. The smallest absolute Gasteiger partial charge is 0.255 e. The standard InChI is InChI=1S/C25H21ClF2N4O2/c1-13(2)22-16(25(33)30-18-10-11-34-19-9-4-3-6-14(18)19)12-29-24-20(23(26)31-32(22)24)15-7-5-8-17(27)21(15)28/h3-9,12-13,18H,10-11H2,1-2H3,(H,30,33). The van der Waals surface area contributed by atoms with Crippen molar-refractivity contribution in [2.45, 2.75) is 32.2 Å². The largest absolute Gasteiger partial charge is 0.493 e. The Bertz CT molecular complexity index is 1420. The van der Waals surface area contributed by atoms with Gasteiger partial charge in [-0.05, 0) is 18.1 Å². The maximum absolute atomic E-state index is 14.5. The van der Waals surface area contributed by atoms with Gasteiger partial charge in [0.15, 0.2) is 22.4 Å². The first-order valence-corrected chi connectivity index (χ1v) is 11.3. The van der Waals surface area contributed by atoms with Crippen molar-refractivity contribution >= 4 is 23.2 Å². The number of nitrogens with one attached hydrogen (secondary N) is 1. The van der Waals surface area contributed by atoms with Crippen LogP contribution >= 0.6 is 11.6 Å². The maximum Gasteiger partial charge on any atom is 0.255 e. The van der Waals surface area contributed by atoms with Crippen molar-refractivity contribution in [3.8, 4) is 16.9 Å². The number of carbonyl (C=O) groups is 1. The molecule has 0 saturated carbocycles. The highest BCUT2D eigenvalue weighted by Gasteiger charge is 2.28. The Balaban J connectivity index is 1.59. The van der Waals surface area contributed by atoms with Crippen molar-refractivity contribution in [1.29, 1.82) is 0 Å². The van der Waals surface area contributed by atoms with Crippen LogP contribution in [-0.2, 0) is 0 Å². The predicted octanol–water partition coefficient (Wildman–Crippen LogP) is 5.70. The quantitative estimate of drug-likeness (QED) is 0.405. The fraction of sp³-hybridized carbons (Fsp3) is 0.240. The second kappa shape index (κ2) is 8.68. The van der Waals surface area contributed by atoms with Gasteiger partial charge < -0.3 is 10.1 Å². The van der Waals surface area contributed by atoms with Crippen LogP contribution in [0.2, 0.25) is 5.15 Å². The summed E-state index contributed by atoms with van der Waals surface area (Å²) in [7, 11) is 0. The highest BCUT2D eigenvalue weighted by Crippen LogP contribution is 2.36. The minimum Gasteiger partial charge on any atom is -0.493 e. The van der Waals surface area contributed by atoms with E-state index >= 15 is 0 Å². The summed E-state index contributed by atoms with van der Waals surface area (Å²) in [5, 5.41) is 7.38. The van der Waals surface area contributed by atoms with Crippen molar-refractivity contribution in [3.05, 3.63) is 82.3 Å². The maximum atomic E-state index is 14.5. The van der Waals surface area contributed by atoms with Crippen LogP contribution in [0.5, 0.6) is 5.75 Å². The molecule has 9 heteroatoms. The van der Waals surface area contributed by atoms with Crippen LogP contribution in [0.1, 0.15) is 53.8 Å². The van der Waals surface area contributed by atoms with Crippen LogP contribution < -0.4 is 10.1 Å². The van der Waals surface area contributed by atoms with E-state index in [0.29, 0.717) is 24.3 Å². The molecule has 1 N–H and O–H groups in total. The topological polar surface area (TPSA) is 68.5 Å². The first-order chi connectivity index (χ1) is 16.4. The molecule has 0 saturated heterocycles. The van der Waals surface area contributed by atoms with Gasteiger partial charge in [0, 0.05) is 23.7 Å². The molecule has 1 aliphatic heterocycles. The molecule has 1 unspecified atom stereocenters. The Kier molecular flexibility index (Phi) is 5.69. The second-order valence-electron chi connectivity index (χ2n) is 8.42. The number of nitrogens with zero attached hydrogens (tertiary/aromatic N) is 3. The summed E-state index contributed by atoms with van der Waals surface area (Å²) < 4.78 is 35.6. The highest BCUT2D eigenvalue weighted by atomic mass is 35.5. The summed E-state index contributed by atoms with van der Waals surface area (Å²) in [5.41, 5.74) is 2.17. The monoisotopic (exact) mass is 482 g/mol. The lowest BCUT2D eigenvalue weighted by atomic mass is 9.99. The third-order valence-electron chi connectivity index (χ3n) is 5.91. The molecule has 3 heterocycles. The number of aromatic nitrogens is 3. The average Bonchev–Trinajstić information content (AvgIpc) is 3.15. The summed E-state index contributed by atoms with van der Waals surface area (Å²) in [4.78, 5) is 17.8. The van der Waals surface area contributed by atoms with Crippen LogP contribution in [0.15, 0.2) is 48.7 Å². The van der Waals surface area contributed by atoms with Crippen LogP contribution in [0.3, 0.4) is 0 Å². The third-order valence-corrected chi connectivity index (χ3v) is 6.18. The number of fused-ring (bicyclic) bond motifs is 2. The van der Waals surface area contributed by atoms with Gasteiger partial charge in [-0.1, -0.05) is 55.8 Å². The lowest BCUT2D eigenvalue weighted by Crippen LogP contribution is -2.33. The van der Waals surface area contributed by atoms with Gasteiger partial charge in [-0.15, -0.1) is 0 Å². The molecule has 174 valence electrons. The summed E-state index contributed by atoms with van der Waals surface area (Å²) in [5.74, 6) is -1.74. The fourth-order valence-electron chi connectivity index (χ4n) is 4.36. The molecule has 34 heavy (non-hydrogen) atoms. The summed E-state index contributed by atoms with van der Waals surface area (Å²) in [6, 6.07) is 11.2. The Morgan fingerprint density at radius 1 is 1.21 bits per heavy atom. The molecule has 2 aromatic heterocycles. The number of ether oxygens (including phenoxy) is 1. The SMILES string of the molecule is CC(C)c1c(C(=O)NC2CCOc3ccccc32)cnc2c(-c3cccc(F)c3F)c(Cl)nn12. The Labute approximate surface area is 199 Å². The van der Waals surface area contributed by atoms with Gasteiger partial charge in [-0.3, -0.25) is 4.79 Å². The normalized spacial score (nSPS) is 15.3. The van der Waals surface area contributed by atoms with Gasteiger partial charge in [-0.2, -0.15) is 5.10 Å². The van der Waals surface area contributed by atoms with E-state index in [-0.39, 0.29) is 39.8 Å². The number of benzene rings is 2. The minimum absolute atomic E-state index is 0.0326. The number of hydrogen-bond donors (Lipinski definition) is 1. The molecule has 0 spiro atoms. The fourth-order valence-corrected chi connectivity index (χ4v) is 4.63. The predicted molar refractivity (Wildman–Crippen MR) is 124 cm³/mol. The van der Waals surface area contributed by atoms with Crippen molar-refractivity contribution in [3.63, 3.8) is 0 Å². The van der Waals surface area contributed by atoms with Crippen LogP contribution in [-0.4, -0.2) is 27.1 Å². The number of para-hydroxylation sites is 1. The van der Waals surface area contributed by atoms with Gasteiger partial charge in [0.1, 0.15) is 5.75 Å². The lowest BCUT2D eigenvalue weighted by molar-refractivity contribution is 0.0922. The van der Waals surface area contributed by atoms with Gasteiger partial charge >= 0.3 is 0 Å². The summed E-state index contributed by atoms with van der Waals surface area (Å²) in [6.45, 7) is 4.31. The van der Waals surface area contributed by atoms with Crippen LogP contribution in [0, 0.1) is 11.6 Å². The molecule has 2 aromatic carbocycles. The number of hydrogen-bond acceptors (Lipinski definition) is 4. The summed E-state index contributed by atoms with van der Waals surface area (Å²) >= 11 is 6.37. The Morgan fingerprint density at radius 3 is 2.79 bits per heavy atom. The highest BCUT2D eigenvalue weighted by molar-refractivity contribution is 6.33. The van der Waals surface area contributed by atoms with Crippen molar-refractivity contribution < 1.29 is 18.3 Å². The van der Waals surface area contributed by atoms with Crippen LogP contribution in [0.25, 0.3) is 16.8 Å². The average molecular weight is 483 g/mol. The molecule has 1 amide bonds. The third kappa shape index (κ3) is 3.68. The molecule has 1 atom stereocenters. The molecule has 4 aromatic rings. The van der Waals surface area contributed by atoms with E-state index in [1.165, 1.54) is 22.8 Å². The van der Waals surface area contributed by atoms with Gasteiger partial charge in [0.2, 0.25) is 0 Å². The van der Waals surface area contributed by atoms with Crippen molar-refractivity contribution in [2.24, 2.45) is 0 Å². The zero-order valence-corrected chi connectivity index (χ0v) is 19.2. The minimum atomic E-state index is -1.04. The van der Waals surface area contributed by atoms with Crippen LogP contribution in [0.4, 0.5) is 8.78 Å². The lowest BCUT2D eigenvalue weighted by Gasteiger charge is -2.27. The molecule has 1 aliphatic rings. The number of rotatable bonds is 4. The summed E-state index contributed by atoms with van der Waals surface area (Å²) in [6.07, 6.45) is 2.07. The van der Waals surface area contributed by atoms with E-state index in [1.807, 2.05) is 38.1 Å². The van der Waals surface area contributed by atoms with E-state index in [2.05, 4.69) is 15.4 Å². The van der Waals surface area contributed by atoms with Gasteiger partial charge in [0.25, 0.3) is 5.91 Å². The number of amides is 1. The number of carbonyl (C=O) groups excluding carboxylic acids is 1. The van der Waals surface area contributed by atoms with Crippen molar-refractivity contribution in [1.82, 2.24) is 19.9 Å². The van der Waals surface area contributed by atoms with E-state index < -0.39 is 11.6 Å². The molecule has 0 aliphatic carbocycles. The molecule has 0 radical (unpaired) electrons. The van der Waals surface area contributed by atoms with Gasteiger partial charge in [0.05, 0.1) is 29.5 Å². The molecular weight excluding hydrogens is 462 g/mol. The molecule has 6 nitrogen and oxygen atoms in total. The van der Waals surface area contributed by atoms with Gasteiger partial charge in [-0.25, -0.2) is 18.3 Å². The molecule has 5 rings (SSSR count). The van der Waals surface area contributed by atoms with E-state index in [1.54, 1.807) is 0 Å².